The third kappa shape index (κ3) is 4.88. The lowest BCUT2D eigenvalue weighted by Gasteiger charge is -2.22. The Labute approximate surface area is 200 Å². The van der Waals surface area contributed by atoms with Crippen LogP contribution in [0, 0.1) is 13.8 Å². The van der Waals surface area contributed by atoms with E-state index in [1.807, 2.05) is 67.1 Å². The predicted octanol–water partition coefficient (Wildman–Crippen LogP) is 3.89. The van der Waals surface area contributed by atoms with E-state index in [0.29, 0.717) is 37.5 Å². The number of aryl methyl sites for hydroxylation is 1. The average molecular weight is 459 g/mol. The second-order valence-electron chi connectivity index (χ2n) is 8.34. The largest absolute Gasteiger partial charge is 0.496 e. The van der Waals surface area contributed by atoms with E-state index in [1.54, 1.807) is 35.1 Å². The number of ether oxygens (including phenoxy) is 1. The molecule has 1 aromatic heterocycles. The first-order valence-electron chi connectivity index (χ1n) is 11.5. The molecule has 1 aliphatic heterocycles. The van der Waals surface area contributed by atoms with Gasteiger partial charge in [0, 0.05) is 43.5 Å². The van der Waals surface area contributed by atoms with Gasteiger partial charge in [0.05, 0.1) is 24.1 Å². The van der Waals surface area contributed by atoms with Gasteiger partial charge in [-0.2, -0.15) is 5.10 Å². The Morgan fingerprint density at radius 1 is 0.912 bits per heavy atom. The highest BCUT2D eigenvalue weighted by Gasteiger charge is 2.24. The SMILES string of the molecule is COc1ccccc1C(=O)N1CCCN(C(=O)/C=C/c2c(C)nn(-c3ccccc3)c2C)CC1. The minimum absolute atomic E-state index is 0.0575. The maximum absolute atomic E-state index is 13.0. The van der Waals surface area contributed by atoms with Gasteiger partial charge in [-0.1, -0.05) is 30.3 Å². The molecule has 0 saturated carbocycles. The van der Waals surface area contributed by atoms with Gasteiger partial charge < -0.3 is 14.5 Å². The summed E-state index contributed by atoms with van der Waals surface area (Å²) in [5.74, 6) is 0.439. The molecule has 4 rings (SSSR count). The predicted molar refractivity (Wildman–Crippen MR) is 132 cm³/mol. The molecule has 3 aromatic rings. The molecule has 7 nitrogen and oxygen atoms in total. The van der Waals surface area contributed by atoms with Crippen LogP contribution in [0.15, 0.2) is 60.7 Å². The van der Waals surface area contributed by atoms with Crippen molar-refractivity contribution >= 4 is 17.9 Å². The number of nitrogens with zero attached hydrogens (tertiary/aromatic N) is 4. The Bertz CT molecular complexity index is 1200. The number of amides is 2. The molecule has 7 heteroatoms. The summed E-state index contributed by atoms with van der Waals surface area (Å²) in [5, 5.41) is 4.64. The molecule has 0 aliphatic carbocycles. The van der Waals surface area contributed by atoms with E-state index in [1.165, 1.54) is 0 Å². The summed E-state index contributed by atoms with van der Waals surface area (Å²) in [7, 11) is 1.56. The molecule has 2 aromatic carbocycles. The third-order valence-electron chi connectivity index (χ3n) is 6.17. The van der Waals surface area contributed by atoms with Gasteiger partial charge in [-0.15, -0.1) is 0 Å². The highest BCUT2D eigenvalue weighted by Crippen LogP contribution is 2.21. The topological polar surface area (TPSA) is 67.7 Å². The number of carbonyl (C=O) groups is 2. The lowest BCUT2D eigenvalue weighted by Crippen LogP contribution is -2.36. The zero-order chi connectivity index (χ0) is 24.1. The number of aromatic nitrogens is 2. The molecule has 0 N–H and O–H groups in total. The van der Waals surface area contributed by atoms with Gasteiger partial charge >= 0.3 is 0 Å². The molecule has 2 amide bonds. The monoisotopic (exact) mass is 458 g/mol. The summed E-state index contributed by atoms with van der Waals surface area (Å²) in [6.07, 6.45) is 4.19. The van der Waals surface area contributed by atoms with Crippen molar-refractivity contribution in [3.05, 3.63) is 83.2 Å². The fourth-order valence-corrected chi connectivity index (χ4v) is 4.31. The molecular formula is C27H30N4O3. The summed E-state index contributed by atoms with van der Waals surface area (Å²) >= 11 is 0. The lowest BCUT2D eigenvalue weighted by molar-refractivity contribution is -0.125. The first-order chi connectivity index (χ1) is 16.5. The van der Waals surface area contributed by atoms with E-state index in [2.05, 4.69) is 5.10 Å². The van der Waals surface area contributed by atoms with E-state index >= 15 is 0 Å². The number of hydrogen-bond donors (Lipinski definition) is 0. The first kappa shape index (κ1) is 23.3. The molecule has 2 heterocycles. The molecule has 1 aliphatic rings. The number of methoxy groups -OCH3 is 1. The average Bonchev–Trinajstić information content (AvgIpc) is 3.03. The van der Waals surface area contributed by atoms with Crippen molar-refractivity contribution in [1.29, 1.82) is 0 Å². The highest BCUT2D eigenvalue weighted by atomic mass is 16.5. The van der Waals surface area contributed by atoms with Gasteiger partial charge in [0.2, 0.25) is 5.91 Å². The second-order valence-corrected chi connectivity index (χ2v) is 8.34. The van der Waals surface area contributed by atoms with Crippen LogP contribution in [-0.4, -0.2) is 64.7 Å². The Balaban J connectivity index is 1.43. The minimum atomic E-state index is -0.0677. The Hall–Kier alpha value is -3.87. The molecular weight excluding hydrogens is 428 g/mol. The Morgan fingerprint density at radius 2 is 1.59 bits per heavy atom. The summed E-state index contributed by atoms with van der Waals surface area (Å²) in [5.41, 5.74) is 4.33. The number of rotatable bonds is 5. The fourth-order valence-electron chi connectivity index (χ4n) is 4.31. The first-order valence-corrected chi connectivity index (χ1v) is 11.5. The van der Waals surface area contributed by atoms with Crippen LogP contribution in [0.2, 0.25) is 0 Å². The van der Waals surface area contributed by atoms with Crippen LogP contribution in [0.3, 0.4) is 0 Å². The fraction of sp³-hybridized carbons (Fsp3) is 0.296. The molecule has 0 unspecified atom stereocenters. The van der Waals surface area contributed by atoms with E-state index in [0.717, 1.165) is 29.1 Å². The van der Waals surface area contributed by atoms with Gasteiger partial charge in [-0.05, 0) is 50.6 Å². The van der Waals surface area contributed by atoms with Crippen LogP contribution in [0.4, 0.5) is 0 Å². The number of hydrogen-bond acceptors (Lipinski definition) is 4. The Morgan fingerprint density at radius 3 is 2.35 bits per heavy atom. The lowest BCUT2D eigenvalue weighted by atomic mass is 10.1. The van der Waals surface area contributed by atoms with E-state index in [-0.39, 0.29) is 11.8 Å². The molecule has 34 heavy (non-hydrogen) atoms. The zero-order valence-corrected chi connectivity index (χ0v) is 19.9. The van der Waals surface area contributed by atoms with Crippen molar-refractivity contribution < 1.29 is 14.3 Å². The number of carbonyl (C=O) groups excluding carboxylic acids is 2. The van der Waals surface area contributed by atoms with Gasteiger partial charge in [-0.3, -0.25) is 9.59 Å². The van der Waals surface area contributed by atoms with Crippen molar-refractivity contribution in [3.63, 3.8) is 0 Å². The van der Waals surface area contributed by atoms with Gasteiger partial charge in [-0.25, -0.2) is 4.68 Å². The standard InChI is InChI=1S/C27H30N4O3/c1-20-23(21(2)31(28-20)22-10-5-4-6-11-22)14-15-26(32)29-16-9-17-30(19-18-29)27(33)24-12-7-8-13-25(24)34-3/h4-8,10-15H,9,16-19H2,1-3H3/b15-14+. The van der Waals surface area contributed by atoms with Crippen LogP contribution in [0.5, 0.6) is 5.75 Å². The second kappa shape index (κ2) is 10.4. The molecule has 1 fully saturated rings. The molecule has 176 valence electrons. The third-order valence-corrected chi connectivity index (χ3v) is 6.17. The summed E-state index contributed by atoms with van der Waals surface area (Å²) in [4.78, 5) is 29.6. The molecule has 0 spiro atoms. The van der Waals surface area contributed by atoms with Gasteiger partial charge in [0.1, 0.15) is 5.75 Å². The van der Waals surface area contributed by atoms with Crippen molar-refractivity contribution in [2.45, 2.75) is 20.3 Å². The van der Waals surface area contributed by atoms with Crippen LogP contribution in [-0.2, 0) is 4.79 Å². The van der Waals surface area contributed by atoms with E-state index in [4.69, 9.17) is 4.74 Å². The Kier molecular flexibility index (Phi) is 7.11. The highest BCUT2D eigenvalue weighted by molar-refractivity contribution is 5.97. The quantitative estimate of drug-likeness (QED) is 0.544. The van der Waals surface area contributed by atoms with Crippen molar-refractivity contribution in [2.75, 3.05) is 33.3 Å². The number of benzene rings is 2. The van der Waals surface area contributed by atoms with Gasteiger partial charge in [0.15, 0.2) is 0 Å². The molecule has 0 atom stereocenters. The minimum Gasteiger partial charge on any atom is -0.496 e. The molecule has 0 bridgehead atoms. The number of para-hydroxylation sites is 2. The van der Waals surface area contributed by atoms with Crippen molar-refractivity contribution in [3.8, 4) is 11.4 Å². The summed E-state index contributed by atoms with van der Waals surface area (Å²) in [6.45, 7) is 6.15. The van der Waals surface area contributed by atoms with Crippen LogP contribution < -0.4 is 4.74 Å². The van der Waals surface area contributed by atoms with Crippen molar-refractivity contribution in [2.24, 2.45) is 0 Å². The summed E-state index contributed by atoms with van der Waals surface area (Å²) < 4.78 is 7.24. The smallest absolute Gasteiger partial charge is 0.257 e. The van der Waals surface area contributed by atoms with Crippen LogP contribution >= 0.6 is 0 Å². The zero-order valence-electron chi connectivity index (χ0n) is 19.9. The molecule has 0 radical (unpaired) electrons. The van der Waals surface area contributed by atoms with E-state index in [9.17, 15) is 9.59 Å². The van der Waals surface area contributed by atoms with Crippen LogP contribution in [0.1, 0.15) is 33.7 Å². The normalized spacial score (nSPS) is 14.3. The maximum Gasteiger partial charge on any atom is 0.257 e. The van der Waals surface area contributed by atoms with Crippen molar-refractivity contribution in [1.82, 2.24) is 19.6 Å². The van der Waals surface area contributed by atoms with E-state index < -0.39 is 0 Å². The summed E-state index contributed by atoms with van der Waals surface area (Å²) in [6, 6.07) is 17.2. The van der Waals surface area contributed by atoms with Gasteiger partial charge in [0.25, 0.3) is 5.91 Å². The molecule has 1 saturated heterocycles. The maximum atomic E-state index is 13.0. The van der Waals surface area contributed by atoms with Crippen LogP contribution in [0.25, 0.3) is 11.8 Å².